The van der Waals surface area contributed by atoms with Crippen LogP contribution in [0.3, 0.4) is 0 Å². The summed E-state index contributed by atoms with van der Waals surface area (Å²) in [6.07, 6.45) is 4.40. The topological polar surface area (TPSA) is 47.6 Å². The second-order valence-corrected chi connectivity index (χ2v) is 6.12. The van der Waals surface area contributed by atoms with Crippen LogP contribution in [0.5, 0.6) is 0 Å². The smallest absolute Gasteiger partial charge is 0.251 e. The lowest BCUT2D eigenvalue weighted by Gasteiger charge is -2.34. The lowest BCUT2D eigenvalue weighted by atomic mass is 9.86. The highest BCUT2D eigenvalue weighted by Gasteiger charge is 2.29. The second kappa shape index (κ2) is 7.20. The molecule has 1 aliphatic carbocycles. The van der Waals surface area contributed by atoms with Crippen molar-refractivity contribution in [3.63, 3.8) is 0 Å². The lowest BCUT2D eigenvalue weighted by Crippen LogP contribution is -2.50. The molecular weight excluding hydrogens is 285 g/mol. The molecule has 0 radical (unpaired) electrons. The maximum atomic E-state index is 12.9. The molecule has 0 bridgehead atoms. The van der Waals surface area contributed by atoms with Crippen molar-refractivity contribution >= 4 is 5.91 Å². The molecule has 0 aromatic heterocycles. The molecule has 1 aromatic carbocycles. The van der Waals surface area contributed by atoms with Gasteiger partial charge >= 0.3 is 0 Å². The van der Waals surface area contributed by atoms with Gasteiger partial charge in [0.05, 0.1) is 12.6 Å². The van der Waals surface area contributed by atoms with E-state index in [1.54, 1.807) is 0 Å². The summed E-state index contributed by atoms with van der Waals surface area (Å²) in [5.74, 6) is 0.129. The van der Waals surface area contributed by atoms with Crippen LogP contribution in [0.2, 0.25) is 0 Å². The number of benzene rings is 1. The molecule has 3 rings (SSSR count). The number of ether oxygens (including phenoxy) is 2. The van der Waals surface area contributed by atoms with Gasteiger partial charge in [-0.05, 0) is 49.4 Å². The predicted octanol–water partition coefficient (Wildman–Crippen LogP) is 2.53. The van der Waals surface area contributed by atoms with Gasteiger partial charge in [-0.3, -0.25) is 4.79 Å². The van der Waals surface area contributed by atoms with E-state index in [4.69, 9.17) is 9.47 Å². The summed E-state index contributed by atoms with van der Waals surface area (Å²) < 4.78 is 24.3. The Hall–Kier alpha value is -1.46. The van der Waals surface area contributed by atoms with Gasteiger partial charge in [-0.25, -0.2) is 4.39 Å². The molecule has 1 aliphatic heterocycles. The Kier molecular flexibility index (Phi) is 5.05. The fraction of sp³-hybridized carbons (Fsp3) is 0.588. The average Bonchev–Trinajstić information content (AvgIpc) is 2.48. The van der Waals surface area contributed by atoms with E-state index >= 15 is 0 Å². The van der Waals surface area contributed by atoms with Crippen LogP contribution in [0.25, 0.3) is 0 Å². The first kappa shape index (κ1) is 15.4. The number of carbonyl (C=O) groups is 1. The van der Waals surface area contributed by atoms with E-state index in [-0.39, 0.29) is 23.9 Å². The van der Waals surface area contributed by atoms with E-state index in [9.17, 15) is 9.18 Å². The third-order valence-electron chi connectivity index (χ3n) is 4.50. The van der Waals surface area contributed by atoms with E-state index < -0.39 is 0 Å². The molecule has 2 aliphatic rings. The van der Waals surface area contributed by atoms with Gasteiger partial charge in [-0.2, -0.15) is 0 Å². The molecule has 1 amide bonds. The molecule has 2 atom stereocenters. The van der Waals surface area contributed by atoms with Gasteiger partial charge in [0.15, 0.2) is 0 Å². The molecule has 22 heavy (non-hydrogen) atoms. The number of nitrogens with one attached hydrogen (secondary N) is 1. The van der Waals surface area contributed by atoms with Crippen molar-refractivity contribution in [3.05, 3.63) is 35.6 Å². The fourth-order valence-corrected chi connectivity index (χ4v) is 2.81. The van der Waals surface area contributed by atoms with E-state index in [1.807, 2.05) is 0 Å². The average molecular weight is 307 g/mol. The molecule has 1 N–H and O–H groups in total. The molecule has 1 heterocycles. The van der Waals surface area contributed by atoms with E-state index in [1.165, 1.54) is 43.5 Å². The van der Waals surface area contributed by atoms with Gasteiger partial charge in [0.1, 0.15) is 11.9 Å². The Morgan fingerprint density at radius 3 is 2.73 bits per heavy atom. The van der Waals surface area contributed by atoms with Gasteiger partial charge in [-0.1, -0.05) is 6.42 Å². The maximum absolute atomic E-state index is 12.9. The molecular formula is C17H22FNO3. The largest absolute Gasteiger partial charge is 0.379 e. The SMILES string of the molecule is O=C(N[C@@H]1CCOC[C@H]1OCC1CCC1)c1ccc(F)cc1. The van der Waals surface area contributed by atoms with Crippen molar-refractivity contribution in [1.29, 1.82) is 0 Å². The van der Waals surface area contributed by atoms with Crippen molar-refractivity contribution in [2.45, 2.75) is 37.8 Å². The molecule has 2 fully saturated rings. The van der Waals surface area contributed by atoms with Crippen LogP contribution in [0.1, 0.15) is 36.0 Å². The number of hydrogen-bond donors (Lipinski definition) is 1. The maximum Gasteiger partial charge on any atom is 0.251 e. The first-order valence-electron chi connectivity index (χ1n) is 7.98. The summed E-state index contributed by atoms with van der Waals surface area (Å²) in [6.45, 7) is 1.88. The highest BCUT2D eigenvalue weighted by atomic mass is 19.1. The summed E-state index contributed by atoms with van der Waals surface area (Å²) in [7, 11) is 0. The Morgan fingerprint density at radius 1 is 1.27 bits per heavy atom. The Morgan fingerprint density at radius 2 is 2.05 bits per heavy atom. The molecule has 120 valence electrons. The van der Waals surface area contributed by atoms with Crippen molar-refractivity contribution in [1.82, 2.24) is 5.32 Å². The summed E-state index contributed by atoms with van der Waals surface area (Å²) in [6, 6.07) is 5.53. The highest BCUT2D eigenvalue weighted by Crippen LogP contribution is 2.27. The number of rotatable bonds is 5. The molecule has 5 heteroatoms. The van der Waals surface area contributed by atoms with Gasteiger partial charge in [-0.15, -0.1) is 0 Å². The fourth-order valence-electron chi connectivity index (χ4n) is 2.81. The minimum Gasteiger partial charge on any atom is -0.379 e. The van der Waals surface area contributed by atoms with Crippen LogP contribution >= 0.6 is 0 Å². The monoisotopic (exact) mass is 307 g/mol. The standard InChI is InChI=1S/C17H22FNO3/c18-14-6-4-13(5-7-14)17(20)19-15-8-9-21-11-16(15)22-10-12-2-1-3-12/h4-7,12,15-16H,1-3,8-11H2,(H,19,20)/t15-,16-/m1/s1. The van der Waals surface area contributed by atoms with Crippen molar-refractivity contribution in [2.75, 3.05) is 19.8 Å². The lowest BCUT2D eigenvalue weighted by molar-refractivity contribution is -0.0819. The van der Waals surface area contributed by atoms with E-state index in [0.717, 1.165) is 13.0 Å². The number of amides is 1. The van der Waals surface area contributed by atoms with Crippen molar-refractivity contribution < 1.29 is 18.7 Å². The first-order valence-corrected chi connectivity index (χ1v) is 7.98. The predicted molar refractivity (Wildman–Crippen MR) is 80.2 cm³/mol. The van der Waals surface area contributed by atoms with Crippen LogP contribution in [-0.4, -0.2) is 37.9 Å². The number of hydrogen-bond acceptors (Lipinski definition) is 3. The normalized spacial score (nSPS) is 25.5. The third kappa shape index (κ3) is 3.84. The first-order chi connectivity index (χ1) is 10.7. The van der Waals surface area contributed by atoms with Crippen LogP contribution < -0.4 is 5.32 Å². The summed E-state index contributed by atoms with van der Waals surface area (Å²) >= 11 is 0. The van der Waals surface area contributed by atoms with Gasteiger partial charge in [0.25, 0.3) is 5.91 Å². The van der Waals surface area contributed by atoms with Crippen molar-refractivity contribution in [2.24, 2.45) is 5.92 Å². The van der Waals surface area contributed by atoms with E-state index in [2.05, 4.69) is 5.32 Å². The minimum absolute atomic E-state index is 0.0496. The Balaban J connectivity index is 1.55. The Labute approximate surface area is 130 Å². The number of carbonyl (C=O) groups excluding carboxylic acids is 1. The second-order valence-electron chi connectivity index (χ2n) is 6.12. The quantitative estimate of drug-likeness (QED) is 0.909. The molecule has 0 spiro atoms. The number of halogens is 1. The minimum atomic E-state index is -0.343. The summed E-state index contributed by atoms with van der Waals surface area (Å²) in [5, 5.41) is 3.00. The summed E-state index contributed by atoms with van der Waals surface area (Å²) in [5.41, 5.74) is 0.464. The van der Waals surface area contributed by atoms with Crippen LogP contribution in [0.4, 0.5) is 4.39 Å². The van der Waals surface area contributed by atoms with E-state index in [0.29, 0.717) is 24.7 Å². The van der Waals surface area contributed by atoms with Gasteiger partial charge < -0.3 is 14.8 Å². The highest BCUT2D eigenvalue weighted by molar-refractivity contribution is 5.94. The van der Waals surface area contributed by atoms with Crippen molar-refractivity contribution in [3.8, 4) is 0 Å². The molecule has 1 saturated carbocycles. The molecule has 1 saturated heterocycles. The van der Waals surface area contributed by atoms with Crippen LogP contribution in [0, 0.1) is 11.7 Å². The molecule has 0 unspecified atom stereocenters. The third-order valence-corrected chi connectivity index (χ3v) is 4.50. The zero-order chi connectivity index (χ0) is 15.4. The van der Waals surface area contributed by atoms with Gasteiger partial charge in [0.2, 0.25) is 0 Å². The zero-order valence-corrected chi connectivity index (χ0v) is 12.6. The van der Waals surface area contributed by atoms with Crippen LogP contribution in [0.15, 0.2) is 24.3 Å². The summed E-state index contributed by atoms with van der Waals surface area (Å²) in [4.78, 5) is 12.2. The molecule has 4 nitrogen and oxygen atoms in total. The zero-order valence-electron chi connectivity index (χ0n) is 12.6. The Bertz CT molecular complexity index is 501. The molecule has 1 aromatic rings. The van der Waals surface area contributed by atoms with Crippen LogP contribution in [-0.2, 0) is 9.47 Å². The van der Waals surface area contributed by atoms with Gasteiger partial charge in [0, 0.05) is 18.8 Å².